The maximum absolute atomic E-state index is 12.6. The van der Waals surface area contributed by atoms with Crippen LogP contribution in [0.15, 0.2) is 52.2 Å². The summed E-state index contributed by atoms with van der Waals surface area (Å²) in [5, 5.41) is 6.75. The Morgan fingerprint density at radius 2 is 1.83 bits per heavy atom. The second kappa shape index (κ2) is 8.28. The number of hydrogen-bond acceptors (Lipinski definition) is 9. The Morgan fingerprint density at radius 1 is 1.10 bits per heavy atom. The zero-order valence-electron chi connectivity index (χ0n) is 16.6. The third kappa shape index (κ3) is 4.21. The number of aromatic nitrogens is 3. The van der Waals surface area contributed by atoms with Gasteiger partial charge in [0.15, 0.2) is 0 Å². The third-order valence-corrected chi connectivity index (χ3v) is 6.62. The lowest BCUT2D eigenvalue weighted by Crippen LogP contribution is -2.49. The van der Waals surface area contributed by atoms with E-state index in [1.54, 1.807) is 7.11 Å². The van der Waals surface area contributed by atoms with Crippen LogP contribution in [0.4, 0.5) is 17.5 Å². The van der Waals surface area contributed by atoms with Crippen LogP contribution in [0, 0.1) is 6.92 Å². The Kier molecular flexibility index (Phi) is 5.55. The smallest absolute Gasteiger partial charge is 0.248 e. The molecule has 0 unspecified atom stereocenters. The Bertz CT molecular complexity index is 1090. The normalized spacial score (nSPS) is 15.2. The summed E-state index contributed by atoms with van der Waals surface area (Å²) in [5.74, 6) is 2.01. The summed E-state index contributed by atoms with van der Waals surface area (Å²) in [5.41, 5.74) is 1.69. The molecule has 0 bridgehead atoms. The number of sulfonamides is 1. The minimum absolute atomic E-state index is 0.0636. The molecule has 158 valence electrons. The molecule has 0 amide bonds. The van der Waals surface area contributed by atoms with Crippen LogP contribution in [-0.2, 0) is 10.0 Å². The number of nitrogens with zero attached hydrogens (tertiary/aromatic N) is 5. The lowest BCUT2D eigenvalue weighted by atomic mass is 10.3. The highest BCUT2D eigenvalue weighted by molar-refractivity contribution is 7.89. The van der Waals surface area contributed by atoms with Gasteiger partial charge in [-0.1, -0.05) is 5.16 Å². The number of ether oxygens (including phenoxy) is 1. The first-order valence-corrected chi connectivity index (χ1v) is 10.8. The fourth-order valence-corrected chi connectivity index (χ4v) is 4.46. The van der Waals surface area contributed by atoms with Crippen LogP contribution in [0.3, 0.4) is 0 Å². The Labute approximate surface area is 174 Å². The second-order valence-corrected chi connectivity index (χ2v) is 8.74. The Morgan fingerprint density at radius 3 is 2.47 bits per heavy atom. The van der Waals surface area contributed by atoms with Crippen molar-refractivity contribution in [3.63, 3.8) is 0 Å². The molecule has 1 aromatic carbocycles. The summed E-state index contributed by atoms with van der Waals surface area (Å²) in [4.78, 5) is 11.2. The predicted molar refractivity (Wildman–Crippen MR) is 111 cm³/mol. The standard InChI is InChI=1S/C19H22N6O4S/c1-14-11-18(22-15-3-5-16(28-2)6-4-15)23-19(21-14)24-7-9-25(10-8-24)30(26,27)17-12-20-29-13-17/h3-6,11-13H,7-10H2,1-2H3,(H,21,22,23). The van der Waals surface area contributed by atoms with E-state index >= 15 is 0 Å². The van der Waals surface area contributed by atoms with Crippen LogP contribution < -0.4 is 15.0 Å². The average molecular weight is 430 g/mol. The number of nitrogens with one attached hydrogen (secondary N) is 1. The first-order chi connectivity index (χ1) is 14.5. The van der Waals surface area contributed by atoms with Gasteiger partial charge >= 0.3 is 0 Å². The summed E-state index contributed by atoms with van der Waals surface area (Å²) >= 11 is 0. The Balaban J connectivity index is 1.46. The van der Waals surface area contributed by atoms with Crippen LogP contribution in [0.1, 0.15) is 5.69 Å². The largest absolute Gasteiger partial charge is 0.497 e. The van der Waals surface area contributed by atoms with E-state index in [-0.39, 0.29) is 4.90 Å². The molecule has 11 heteroatoms. The van der Waals surface area contributed by atoms with Crippen molar-refractivity contribution in [2.24, 2.45) is 0 Å². The number of hydrogen-bond donors (Lipinski definition) is 1. The number of anilines is 3. The zero-order valence-corrected chi connectivity index (χ0v) is 17.5. The molecule has 0 saturated carbocycles. The van der Waals surface area contributed by atoms with E-state index in [1.807, 2.05) is 42.2 Å². The summed E-state index contributed by atoms with van der Waals surface area (Å²) in [6.45, 7) is 3.51. The summed E-state index contributed by atoms with van der Waals surface area (Å²) in [7, 11) is -1.98. The Hall–Kier alpha value is -3.18. The van der Waals surface area contributed by atoms with Gasteiger partial charge in [-0.3, -0.25) is 0 Å². The first kappa shape index (κ1) is 20.1. The molecule has 3 aromatic rings. The number of benzene rings is 1. The average Bonchev–Trinajstić information content (AvgIpc) is 3.30. The quantitative estimate of drug-likeness (QED) is 0.627. The van der Waals surface area contributed by atoms with E-state index in [4.69, 9.17) is 4.74 Å². The minimum atomic E-state index is -3.60. The van der Waals surface area contributed by atoms with Crippen LogP contribution in [0.25, 0.3) is 0 Å². The molecule has 30 heavy (non-hydrogen) atoms. The molecule has 0 radical (unpaired) electrons. The van der Waals surface area contributed by atoms with E-state index in [9.17, 15) is 8.42 Å². The fourth-order valence-electron chi connectivity index (χ4n) is 3.18. The van der Waals surface area contributed by atoms with Crippen molar-refractivity contribution in [1.29, 1.82) is 0 Å². The van der Waals surface area contributed by atoms with Gasteiger partial charge in [-0.15, -0.1) is 0 Å². The zero-order chi connectivity index (χ0) is 21.1. The van der Waals surface area contributed by atoms with Crippen LogP contribution in [0.2, 0.25) is 0 Å². The number of rotatable bonds is 6. The molecule has 4 rings (SSSR count). The molecule has 1 fully saturated rings. The van der Waals surface area contributed by atoms with Gasteiger partial charge in [-0.05, 0) is 31.2 Å². The molecule has 1 N–H and O–H groups in total. The van der Waals surface area contributed by atoms with E-state index in [2.05, 4.69) is 25.0 Å². The number of methoxy groups -OCH3 is 1. The molecule has 3 heterocycles. The van der Waals surface area contributed by atoms with E-state index in [0.29, 0.717) is 37.9 Å². The maximum Gasteiger partial charge on any atom is 0.248 e. The van der Waals surface area contributed by atoms with Crippen LogP contribution in [0.5, 0.6) is 5.75 Å². The number of piperazine rings is 1. The molecule has 0 spiro atoms. The fraction of sp³-hybridized carbons (Fsp3) is 0.316. The van der Waals surface area contributed by atoms with Gasteiger partial charge < -0.3 is 19.5 Å². The van der Waals surface area contributed by atoms with Crippen molar-refractivity contribution in [2.75, 3.05) is 43.5 Å². The van der Waals surface area contributed by atoms with Crippen molar-refractivity contribution < 1.29 is 17.7 Å². The molecule has 10 nitrogen and oxygen atoms in total. The molecule has 1 aliphatic heterocycles. The summed E-state index contributed by atoms with van der Waals surface area (Å²) in [6, 6.07) is 9.41. The van der Waals surface area contributed by atoms with E-state index in [1.165, 1.54) is 10.5 Å². The van der Waals surface area contributed by atoms with Gasteiger partial charge in [-0.2, -0.15) is 9.29 Å². The van der Waals surface area contributed by atoms with Crippen molar-refractivity contribution in [3.8, 4) is 5.75 Å². The maximum atomic E-state index is 12.6. The molecule has 1 saturated heterocycles. The van der Waals surface area contributed by atoms with Gasteiger partial charge in [-0.25, -0.2) is 13.4 Å². The van der Waals surface area contributed by atoms with Gasteiger partial charge in [0.1, 0.15) is 22.7 Å². The van der Waals surface area contributed by atoms with Crippen LogP contribution >= 0.6 is 0 Å². The first-order valence-electron chi connectivity index (χ1n) is 9.37. The topological polar surface area (TPSA) is 114 Å². The molecule has 2 aromatic heterocycles. The van der Waals surface area contributed by atoms with Gasteiger partial charge in [0.05, 0.1) is 13.3 Å². The highest BCUT2D eigenvalue weighted by Crippen LogP contribution is 2.23. The van der Waals surface area contributed by atoms with Gasteiger partial charge in [0, 0.05) is 43.6 Å². The minimum Gasteiger partial charge on any atom is -0.497 e. The van der Waals surface area contributed by atoms with Crippen molar-refractivity contribution >= 4 is 27.5 Å². The monoisotopic (exact) mass is 430 g/mol. The van der Waals surface area contributed by atoms with E-state index in [0.717, 1.165) is 23.4 Å². The molecule has 0 atom stereocenters. The lowest BCUT2D eigenvalue weighted by molar-refractivity contribution is 0.381. The highest BCUT2D eigenvalue weighted by Gasteiger charge is 2.30. The summed E-state index contributed by atoms with van der Waals surface area (Å²) < 4.78 is 36.5. The van der Waals surface area contributed by atoms with Crippen molar-refractivity contribution in [2.45, 2.75) is 11.8 Å². The SMILES string of the molecule is COc1ccc(Nc2cc(C)nc(N3CCN(S(=O)(=O)c4cnoc4)CC3)n2)cc1. The molecular weight excluding hydrogens is 408 g/mol. The predicted octanol–water partition coefficient (Wildman–Crippen LogP) is 2.04. The lowest BCUT2D eigenvalue weighted by Gasteiger charge is -2.33. The van der Waals surface area contributed by atoms with Crippen molar-refractivity contribution in [3.05, 3.63) is 48.5 Å². The molecular formula is C19H22N6O4S. The highest BCUT2D eigenvalue weighted by atomic mass is 32.2. The van der Waals surface area contributed by atoms with E-state index < -0.39 is 10.0 Å². The second-order valence-electron chi connectivity index (χ2n) is 6.80. The molecule has 0 aliphatic carbocycles. The summed E-state index contributed by atoms with van der Waals surface area (Å²) in [6.07, 6.45) is 2.35. The van der Waals surface area contributed by atoms with Gasteiger partial charge in [0.2, 0.25) is 16.0 Å². The number of aryl methyl sites for hydroxylation is 1. The third-order valence-electron chi connectivity index (χ3n) is 4.77. The van der Waals surface area contributed by atoms with Crippen molar-refractivity contribution in [1.82, 2.24) is 19.4 Å². The molecule has 1 aliphatic rings. The van der Waals surface area contributed by atoms with Gasteiger partial charge in [0.25, 0.3) is 0 Å². The van der Waals surface area contributed by atoms with Crippen LogP contribution in [-0.4, -0.2) is 61.1 Å².